The molecular weight excluding hydrogens is 303 g/mol. The summed E-state index contributed by atoms with van der Waals surface area (Å²) in [7, 11) is 0. The standard InChI is InChI=1S/C18H20F3NO/c1-17(2,3)10-15-7-4-13(11-22-15)12-23-16-8-5-14(6-9-16)18(19,20)21/h4-9,11H,10,12H2,1-3H3. The average molecular weight is 323 g/mol. The maximum atomic E-state index is 12.5. The Hall–Kier alpha value is -2.04. The molecule has 2 aromatic rings. The normalized spacial score (nSPS) is 12.3. The van der Waals surface area contributed by atoms with Gasteiger partial charge in [0.15, 0.2) is 0 Å². The van der Waals surface area contributed by atoms with E-state index >= 15 is 0 Å². The van der Waals surface area contributed by atoms with E-state index in [0.29, 0.717) is 5.75 Å². The lowest BCUT2D eigenvalue weighted by atomic mass is 9.90. The van der Waals surface area contributed by atoms with E-state index in [0.717, 1.165) is 29.8 Å². The van der Waals surface area contributed by atoms with Crippen LogP contribution >= 0.6 is 0 Å². The van der Waals surface area contributed by atoms with E-state index in [4.69, 9.17) is 4.74 Å². The molecule has 0 bridgehead atoms. The molecule has 0 aliphatic carbocycles. The van der Waals surface area contributed by atoms with Gasteiger partial charge >= 0.3 is 6.18 Å². The van der Waals surface area contributed by atoms with Crippen molar-refractivity contribution in [3.63, 3.8) is 0 Å². The third kappa shape index (κ3) is 5.58. The predicted molar refractivity (Wildman–Crippen MR) is 83.2 cm³/mol. The Bertz CT molecular complexity index is 625. The van der Waals surface area contributed by atoms with Gasteiger partial charge in [-0.3, -0.25) is 4.98 Å². The lowest BCUT2D eigenvalue weighted by Gasteiger charge is -2.17. The van der Waals surface area contributed by atoms with Gasteiger partial charge in [-0.1, -0.05) is 26.8 Å². The SMILES string of the molecule is CC(C)(C)Cc1ccc(COc2ccc(C(F)(F)F)cc2)cn1. The van der Waals surface area contributed by atoms with Crippen molar-refractivity contribution in [3.05, 3.63) is 59.4 Å². The van der Waals surface area contributed by atoms with Gasteiger partial charge < -0.3 is 4.74 Å². The smallest absolute Gasteiger partial charge is 0.416 e. The fourth-order valence-electron chi connectivity index (χ4n) is 2.10. The van der Waals surface area contributed by atoms with Crippen LogP contribution in [0.3, 0.4) is 0 Å². The van der Waals surface area contributed by atoms with Crippen LogP contribution in [-0.4, -0.2) is 4.98 Å². The largest absolute Gasteiger partial charge is 0.489 e. The summed E-state index contributed by atoms with van der Waals surface area (Å²) in [6.45, 7) is 6.72. The number of nitrogens with zero attached hydrogens (tertiary/aromatic N) is 1. The molecule has 1 heterocycles. The van der Waals surface area contributed by atoms with E-state index in [1.807, 2.05) is 12.1 Å². The first-order valence-corrected chi connectivity index (χ1v) is 7.37. The van der Waals surface area contributed by atoms with Crippen LogP contribution in [0.4, 0.5) is 13.2 Å². The van der Waals surface area contributed by atoms with E-state index in [9.17, 15) is 13.2 Å². The number of halogens is 3. The zero-order chi connectivity index (χ0) is 17.1. The number of hydrogen-bond donors (Lipinski definition) is 0. The summed E-state index contributed by atoms with van der Waals surface area (Å²) < 4.78 is 42.9. The second-order valence-electron chi connectivity index (χ2n) is 6.71. The molecule has 2 nitrogen and oxygen atoms in total. The molecular formula is C18H20F3NO. The first-order valence-electron chi connectivity index (χ1n) is 7.37. The van der Waals surface area contributed by atoms with Crippen molar-refractivity contribution in [2.24, 2.45) is 5.41 Å². The minimum Gasteiger partial charge on any atom is -0.489 e. The molecule has 1 aromatic heterocycles. The highest BCUT2D eigenvalue weighted by atomic mass is 19.4. The van der Waals surface area contributed by atoms with Gasteiger partial charge in [0.25, 0.3) is 0 Å². The first kappa shape index (κ1) is 17.3. The molecule has 5 heteroatoms. The third-order valence-electron chi connectivity index (χ3n) is 3.18. The number of pyridine rings is 1. The van der Waals surface area contributed by atoms with E-state index in [1.165, 1.54) is 12.1 Å². The molecule has 0 aliphatic heterocycles. The molecule has 0 unspecified atom stereocenters. The highest BCUT2D eigenvalue weighted by Crippen LogP contribution is 2.30. The Morgan fingerprint density at radius 3 is 2.09 bits per heavy atom. The van der Waals surface area contributed by atoms with Gasteiger partial charge in [-0.25, -0.2) is 0 Å². The van der Waals surface area contributed by atoms with Gasteiger partial charge in [-0.2, -0.15) is 13.2 Å². The number of rotatable bonds is 4. The molecule has 0 amide bonds. The number of ether oxygens (including phenoxy) is 1. The van der Waals surface area contributed by atoms with Crippen molar-refractivity contribution in [2.45, 2.75) is 40.0 Å². The molecule has 0 saturated carbocycles. The maximum Gasteiger partial charge on any atom is 0.416 e. The highest BCUT2D eigenvalue weighted by molar-refractivity contribution is 5.29. The van der Waals surface area contributed by atoms with Crippen LogP contribution in [0.1, 0.15) is 37.6 Å². The van der Waals surface area contributed by atoms with Crippen molar-refractivity contribution in [3.8, 4) is 5.75 Å². The maximum absolute atomic E-state index is 12.5. The lowest BCUT2D eigenvalue weighted by Crippen LogP contribution is -2.10. The van der Waals surface area contributed by atoms with Gasteiger partial charge in [0.1, 0.15) is 12.4 Å². The molecule has 0 N–H and O–H groups in total. The topological polar surface area (TPSA) is 22.1 Å². The first-order chi connectivity index (χ1) is 10.6. The van der Waals surface area contributed by atoms with Crippen molar-refractivity contribution >= 4 is 0 Å². The summed E-state index contributed by atoms with van der Waals surface area (Å²) in [5, 5.41) is 0. The Kier molecular flexibility index (Phi) is 4.97. The zero-order valence-corrected chi connectivity index (χ0v) is 13.4. The number of aromatic nitrogens is 1. The monoisotopic (exact) mass is 323 g/mol. The molecule has 0 spiro atoms. The van der Waals surface area contributed by atoms with E-state index < -0.39 is 11.7 Å². The van der Waals surface area contributed by atoms with E-state index in [2.05, 4.69) is 25.8 Å². The summed E-state index contributed by atoms with van der Waals surface area (Å²) >= 11 is 0. The van der Waals surface area contributed by atoms with Crippen LogP contribution in [0.15, 0.2) is 42.6 Å². The van der Waals surface area contributed by atoms with Crippen LogP contribution in [0.5, 0.6) is 5.75 Å². The van der Waals surface area contributed by atoms with Crippen LogP contribution in [0.2, 0.25) is 0 Å². The fourth-order valence-corrected chi connectivity index (χ4v) is 2.10. The minimum atomic E-state index is -4.33. The van der Waals surface area contributed by atoms with Crippen LogP contribution < -0.4 is 4.74 Å². The molecule has 124 valence electrons. The molecule has 0 atom stereocenters. The number of benzene rings is 1. The van der Waals surface area contributed by atoms with Crippen molar-refractivity contribution < 1.29 is 17.9 Å². The summed E-state index contributed by atoms with van der Waals surface area (Å²) in [6.07, 6.45) is -1.70. The highest BCUT2D eigenvalue weighted by Gasteiger charge is 2.29. The summed E-state index contributed by atoms with van der Waals surface area (Å²) in [5.74, 6) is 0.400. The lowest BCUT2D eigenvalue weighted by molar-refractivity contribution is -0.137. The van der Waals surface area contributed by atoms with Gasteiger partial charge in [-0.05, 0) is 42.2 Å². The molecule has 0 radical (unpaired) electrons. The third-order valence-corrected chi connectivity index (χ3v) is 3.18. The Morgan fingerprint density at radius 2 is 1.61 bits per heavy atom. The van der Waals surface area contributed by atoms with Crippen molar-refractivity contribution in [2.75, 3.05) is 0 Å². The molecule has 1 aromatic carbocycles. The fraction of sp³-hybridized carbons (Fsp3) is 0.389. The molecule has 2 rings (SSSR count). The number of hydrogen-bond acceptors (Lipinski definition) is 2. The van der Waals surface area contributed by atoms with Gasteiger partial charge in [-0.15, -0.1) is 0 Å². The number of alkyl halides is 3. The second-order valence-corrected chi connectivity index (χ2v) is 6.71. The minimum absolute atomic E-state index is 0.172. The second kappa shape index (κ2) is 6.60. The summed E-state index contributed by atoms with van der Waals surface area (Å²) in [4.78, 5) is 4.39. The Balaban J connectivity index is 1.93. The van der Waals surface area contributed by atoms with Gasteiger partial charge in [0.2, 0.25) is 0 Å². The van der Waals surface area contributed by atoms with Crippen LogP contribution in [0.25, 0.3) is 0 Å². The Labute approximate surface area is 134 Å². The zero-order valence-electron chi connectivity index (χ0n) is 13.4. The van der Waals surface area contributed by atoms with E-state index in [-0.39, 0.29) is 12.0 Å². The predicted octanol–water partition coefficient (Wildman–Crippen LogP) is 5.27. The van der Waals surface area contributed by atoms with Crippen molar-refractivity contribution in [1.82, 2.24) is 4.98 Å². The van der Waals surface area contributed by atoms with Gasteiger partial charge in [0, 0.05) is 17.5 Å². The van der Waals surface area contributed by atoms with Gasteiger partial charge in [0.05, 0.1) is 5.56 Å². The summed E-state index contributed by atoms with van der Waals surface area (Å²) in [6, 6.07) is 8.56. The quantitative estimate of drug-likeness (QED) is 0.765. The molecule has 0 fully saturated rings. The molecule has 0 aliphatic rings. The molecule has 0 saturated heterocycles. The van der Waals surface area contributed by atoms with Crippen molar-refractivity contribution in [1.29, 1.82) is 0 Å². The molecule has 23 heavy (non-hydrogen) atoms. The summed E-state index contributed by atoms with van der Waals surface area (Å²) in [5.41, 5.74) is 1.38. The van der Waals surface area contributed by atoms with Crippen LogP contribution in [0, 0.1) is 5.41 Å². The van der Waals surface area contributed by atoms with E-state index in [1.54, 1.807) is 6.20 Å². The Morgan fingerprint density at radius 1 is 0.957 bits per heavy atom. The average Bonchev–Trinajstić information content (AvgIpc) is 2.44. The van der Waals surface area contributed by atoms with Crippen LogP contribution in [-0.2, 0) is 19.2 Å².